The Hall–Kier alpha value is -3.96. The first-order chi connectivity index (χ1) is 17.9. The number of hydrogen-bond acceptors (Lipinski definition) is 7. The molecule has 0 bridgehead atoms. The van der Waals surface area contributed by atoms with Crippen LogP contribution in [0.5, 0.6) is 0 Å². The van der Waals surface area contributed by atoms with Gasteiger partial charge in [0.1, 0.15) is 17.2 Å². The van der Waals surface area contributed by atoms with Gasteiger partial charge in [-0.3, -0.25) is 9.80 Å². The number of amides is 3. The van der Waals surface area contributed by atoms with Gasteiger partial charge in [0.05, 0.1) is 24.0 Å². The predicted octanol–water partition coefficient (Wildman–Crippen LogP) is 4.00. The van der Waals surface area contributed by atoms with Crippen LogP contribution in [-0.2, 0) is 11.2 Å². The van der Waals surface area contributed by atoms with E-state index in [-0.39, 0.29) is 23.9 Å². The van der Waals surface area contributed by atoms with Crippen LogP contribution < -0.4 is 15.1 Å². The van der Waals surface area contributed by atoms with Crippen LogP contribution >= 0.6 is 0 Å². The first-order valence-corrected chi connectivity index (χ1v) is 12.8. The molecule has 0 unspecified atom stereocenters. The molecule has 2 aliphatic heterocycles. The van der Waals surface area contributed by atoms with Crippen molar-refractivity contribution < 1.29 is 18.7 Å². The molecule has 12 heteroatoms. The summed E-state index contributed by atoms with van der Waals surface area (Å²) >= 11 is 0. The van der Waals surface area contributed by atoms with Gasteiger partial charge in [-0.1, -0.05) is 0 Å². The zero-order valence-electron chi connectivity index (χ0n) is 22.5. The number of ether oxygens (including phenoxy) is 1. The highest BCUT2D eigenvalue weighted by Crippen LogP contribution is 2.36. The molecule has 202 valence electrons. The van der Waals surface area contributed by atoms with E-state index in [1.165, 1.54) is 21.7 Å². The molecule has 5 rings (SSSR count). The van der Waals surface area contributed by atoms with Crippen molar-refractivity contribution in [2.45, 2.75) is 65.6 Å². The number of fused-ring (bicyclic) bond motifs is 2. The Balaban J connectivity index is 1.33. The highest BCUT2D eigenvalue weighted by atomic mass is 19.1. The minimum atomic E-state index is -0.592. The fourth-order valence-electron chi connectivity index (χ4n) is 5.25. The summed E-state index contributed by atoms with van der Waals surface area (Å²) in [6.07, 6.45) is 3.40. The molecule has 5 heterocycles. The number of urea groups is 1. The fourth-order valence-corrected chi connectivity index (χ4v) is 5.25. The molecule has 0 aromatic carbocycles. The van der Waals surface area contributed by atoms with Crippen molar-refractivity contribution >= 4 is 35.0 Å². The van der Waals surface area contributed by atoms with E-state index in [9.17, 15) is 14.0 Å². The summed E-state index contributed by atoms with van der Waals surface area (Å²) in [7, 11) is 0. The van der Waals surface area contributed by atoms with Crippen molar-refractivity contribution in [2.24, 2.45) is 0 Å². The first kappa shape index (κ1) is 25.7. The Morgan fingerprint density at radius 3 is 2.58 bits per heavy atom. The van der Waals surface area contributed by atoms with E-state index < -0.39 is 17.4 Å². The molecule has 38 heavy (non-hydrogen) atoms. The van der Waals surface area contributed by atoms with Gasteiger partial charge in [-0.2, -0.15) is 5.10 Å². The van der Waals surface area contributed by atoms with Crippen molar-refractivity contribution in [1.29, 1.82) is 0 Å². The number of aryl methyl sites for hydroxylation is 1. The average Bonchev–Trinajstić information content (AvgIpc) is 3.39. The van der Waals surface area contributed by atoms with Crippen molar-refractivity contribution in [1.82, 2.24) is 24.5 Å². The molecule has 1 fully saturated rings. The van der Waals surface area contributed by atoms with E-state index in [4.69, 9.17) is 4.74 Å². The smallest absolute Gasteiger partial charge is 0.410 e. The number of nitrogens with one attached hydrogen (secondary N) is 1. The second kappa shape index (κ2) is 9.41. The average molecular weight is 525 g/mol. The lowest BCUT2D eigenvalue weighted by Gasteiger charge is -2.45. The standard InChI is InChI=1S/C26H33FN8O3/c1-15-12-32(13-16(2)35(15)25(37)38-26(4,5)6)21-7-9-28-23-18(21)8-10-33(23)24(36)30-20-14-34-22(11-19(20)27)29-17(3)31-34/h7,9,11,14-16H,8,10,12-13H2,1-6H3,(H,30,36)/t15-,16+. The molecule has 1 saturated heterocycles. The molecule has 2 atom stereocenters. The van der Waals surface area contributed by atoms with Crippen LogP contribution in [0.2, 0.25) is 0 Å². The molecule has 0 radical (unpaired) electrons. The Morgan fingerprint density at radius 1 is 1.18 bits per heavy atom. The van der Waals surface area contributed by atoms with E-state index in [0.29, 0.717) is 43.3 Å². The van der Waals surface area contributed by atoms with Crippen molar-refractivity contribution in [3.05, 3.63) is 41.7 Å². The molecule has 2 aliphatic rings. The maximum Gasteiger partial charge on any atom is 0.410 e. The van der Waals surface area contributed by atoms with E-state index in [2.05, 4.69) is 25.3 Å². The first-order valence-electron chi connectivity index (χ1n) is 12.8. The number of nitrogens with zero attached hydrogens (tertiary/aromatic N) is 7. The molecule has 3 aromatic rings. The van der Waals surface area contributed by atoms with Crippen LogP contribution in [0.4, 0.5) is 31.2 Å². The van der Waals surface area contributed by atoms with Gasteiger partial charge < -0.3 is 15.0 Å². The largest absolute Gasteiger partial charge is 0.444 e. The highest BCUT2D eigenvalue weighted by Gasteiger charge is 2.37. The third-order valence-corrected chi connectivity index (χ3v) is 6.73. The van der Waals surface area contributed by atoms with Crippen molar-refractivity contribution in [3.63, 3.8) is 0 Å². The highest BCUT2D eigenvalue weighted by molar-refractivity contribution is 6.03. The van der Waals surface area contributed by atoms with Crippen molar-refractivity contribution in [3.8, 4) is 0 Å². The fraction of sp³-hybridized carbons (Fsp3) is 0.500. The molecular weight excluding hydrogens is 491 g/mol. The molecule has 1 N–H and O–H groups in total. The van der Waals surface area contributed by atoms with Crippen LogP contribution in [0.15, 0.2) is 24.5 Å². The number of carbonyl (C=O) groups excluding carboxylic acids is 2. The second-order valence-electron chi connectivity index (χ2n) is 11.0. The number of pyridine rings is 2. The third kappa shape index (κ3) is 4.82. The maximum atomic E-state index is 14.7. The van der Waals surface area contributed by atoms with Crippen LogP contribution in [0.25, 0.3) is 5.65 Å². The summed E-state index contributed by atoms with van der Waals surface area (Å²) in [6.45, 7) is 13.0. The Labute approximate surface area is 220 Å². The van der Waals surface area contributed by atoms with E-state index in [1.807, 2.05) is 40.7 Å². The van der Waals surface area contributed by atoms with Gasteiger partial charge in [0.15, 0.2) is 11.5 Å². The summed E-state index contributed by atoms with van der Waals surface area (Å²) in [4.78, 5) is 40.2. The summed E-state index contributed by atoms with van der Waals surface area (Å²) in [6, 6.07) is 2.57. The van der Waals surface area contributed by atoms with Gasteiger partial charge in [0.2, 0.25) is 0 Å². The molecule has 3 amide bonds. The van der Waals surface area contributed by atoms with Gasteiger partial charge in [-0.05, 0) is 54.0 Å². The van der Waals surface area contributed by atoms with Gasteiger partial charge in [0.25, 0.3) is 0 Å². The predicted molar refractivity (Wildman–Crippen MR) is 141 cm³/mol. The number of anilines is 3. The lowest BCUT2D eigenvalue weighted by atomic mass is 10.1. The number of rotatable bonds is 2. The summed E-state index contributed by atoms with van der Waals surface area (Å²) in [5, 5.41) is 6.84. The summed E-state index contributed by atoms with van der Waals surface area (Å²) in [5.74, 6) is 0.465. The normalized spacial score (nSPS) is 19.6. The lowest BCUT2D eigenvalue weighted by molar-refractivity contribution is 0.00565. The van der Waals surface area contributed by atoms with E-state index in [0.717, 1.165) is 11.3 Å². The SMILES string of the molecule is Cc1nc2cc(F)c(NC(=O)N3CCc4c(N5C[C@@H](C)N(C(=O)OC(C)(C)C)[C@@H](C)C5)ccnc43)cn2n1. The Morgan fingerprint density at radius 2 is 1.89 bits per heavy atom. The van der Waals surface area contributed by atoms with Crippen molar-refractivity contribution in [2.75, 3.05) is 34.8 Å². The van der Waals surface area contributed by atoms with Gasteiger partial charge in [0, 0.05) is 43.1 Å². The van der Waals surface area contributed by atoms with Crippen LogP contribution in [-0.4, -0.2) is 73.9 Å². The quantitative estimate of drug-likeness (QED) is 0.540. The number of halogens is 1. The van der Waals surface area contributed by atoms with Gasteiger partial charge in [-0.15, -0.1) is 0 Å². The van der Waals surface area contributed by atoms with E-state index in [1.54, 1.807) is 18.0 Å². The van der Waals surface area contributed by atoms with Crippen LogP contribution in [0.1, 0.15) is 46.0 Å². The number of aromatic nitrogens is 4. The maximum absolute atomic E-state index is 14.7. The molecule has 0 saturated carbocycles. The van der Waals surface area contributed by atoms with Gasteiger partial charge in [-0.25, -0.2) is 28.5 Å². The lowest BCUT2D eigenvalue weighted by Crippen LogP contribution is -2.59. The zero-order valence-corrected chi connectivity index (χ0v) is 22.5. The number of piperazine rings is 1. The second-order valence-corrected chi connectivity index (χ2v) is 11.0. The minimum Gasteiger partial charge on any atom is -0.444 e. The monoisotopic (exact) mass is 524 g/mol. The minimum absolute atomic E-state index is 0.0120. The summed E-state index contributed by atoms with van der Waals surface area (Å²) < 4.78 is 21.7. The van der Waals surface area contributed by atoms with Crippen LogP contribution in [0, 0.1) is 12.7 Å². The third-order valence-electron chi connectivity index (χ3n) is 6.73. The van der Waals surface area contributed by atoms with E-state index >= 15 is 0 Å². The Bertz CT molecular complexity index is 1390. The molecular formula is C26H33FN8O3. The zero-order chi connectivity index (χ0) is 27.4. The topological polar surface area (TPSA) is 108 Å². The molecule has 0 spiro atoms. The number of hydrogen-bond donors (Lipinski definition) is 1. The molecule has 0 aliphatic carbocycles. The summed E-state index contributed by atoms with van der Waals surface area (Å²) in [5.41, 5.74) is 1.75. The van der Waals surface area contributed by atoms with Crippen LogP contribution in [0.3, 0.4) is 0 Å². The Kier molecular flexibility index (Phi) is 6.36. The van der Waals surface area contributed by atoms with Gasteiger partial charge >= 0.3 is 12.1 Å². The number of carbonyl (C=O) groups is 2. The molecule has 3 aromatic heterocycles. The molecule has 11 nitrogen and oxygen atoms in total.